The largest absolute Gasteiger partial charge is 0.443 e. The lowest BCUT2D eigenvalue weighted by Crippen LogP contribution is -2.31. The van der Waals surface area contributed by atoms with E-state index < -0.39 is 11.7 Å². The van der Waals surface area contributed by atoms with E-state index in [1.54, 1.807) is 61.1 Å². The van der Waals surface area contributed by atoms with E-state index in [0.29, 0.717) is 34.6 Å². The van der Waals surface area contributed by atoms with Crippen molar-refractivity contribution in [3.63, 3.8) is 0 Å². The highest BCUT2D eigenvalue weighted by atomic mass is 35.5. The second-order valence-corrected chi connectivity index (χ2v) is 9.16. The number of anilines is 3. The highest BCUT2D eigenvalue weighted by molar-refractivity contribution is 6.17. The third kappa shape index (κ3) is 6.74. The van der Waals surface area contributed by atoms with Gasteiger partial charge < -0.3 is 16.2 Å². The second-order valence-electron chi connectivity index (χ2n) is 8.79. The molecule has 5 N–H and O–H groups in total. The number of nitrogens with one attached hydrogen (secondary N) is 1. The van der Waals surface area contributed by atoms with Gasteiger partial charge in [-0.3, -0.25) is 5.32 Å². The summed E-state index contributed by atoms with van der Waals surface area (Å²) < 4.78 is 21.2. The molecule has 0 atom stereocenters. The van der Waals surface area contributed by atoms with Gasteiger partial charge in [0.1, 0.15) is 22.8 Å². The van der Waals surface area contributed by atoms with Crippen molar-refractivity contribution in [3.05, 3.63) is 66.6 Å². The number of pyridine rings is 1. The minimum Gasteiger partial charge on any atom is -0.443 e. The Morgan fingerprint density at radius 2 is 1.87 bits per heavy atom. The van der Waals surface area contributed by atoms with Crippen LogP contribution < -0.4 is 16.8 Å². The van der Waals surface area contributed by atoms with Crippen LogP contribution in [0.5, 0.6) is 0 Å². The Labute approximate surface area is 224 Å². The summed E-state index contributed by atoms with van der Waals surface area (Å²) in [5.41, 5.74) is 12.8. The van der Waals surface area contributed by atoms with Crippen LogP contribution in [-0.4, -0.2) is 42.3 Å². The van der Waals surface area contributed by atoms with Gasteiger partial charge in [0.25, 0.3) is 0 Å². The summed E-state index contributed by atoms with van der Waals surface area (Å²) in [6, 6.07) is 9.95. The van der Waals surface area contributed by atoms with Gasteiger partial charge in [-0.1, -0.05) is 24.3 Å². The van der Waals surface area contributed by atoms with E-state index in [9.17, 15) is 9.18 Å². The monoisotopic (exact) mass is 540 g/mol. The fourth-order valence-electron chi connectivity index (χ4n) is 3.46. The average Bonchev–Trinajstić information content (AvgIpc) is 3.21. The minimum atomic E-state index is -0.785. The van der Waals surface area contributed by atoms with Crippen LogP contribution in [-0.2, 0) is 11.3 Å². The number of nitrogen functional groups attached to an aromatic ring is 2. The third-order valence-electron chi connectivity index (χ3n) is 5.25. The quantitative estimate of drug-likeness (QED) is 0.209. The minimum absolute atomic E-state index is 0.0219. The first-order chi connectivity index (χ1) is 18.1. The Morgan fingerprint density at radius 1 is 1.21 bits per heavy atom. The number of halogens is 2. The van der Waals surface area contributed by atoms with Gasteiger partial charge in [-0.25, -0.2) is 28.8 Å². The molecule has 4 rings (SSSR count). The predicted molar refractivity (Wildman–Crippen MR) is 148 cm³/mol. The maximum atomic E-state index is 14.2. The van der Waals surface area contributed by atoms with Crippen molar-refractivity contribution in [1.82, 2.24) is 24.7 Å². The number of alkyl halides is 1. The molecule has 0 radical (unpaired) electrons. The van der Waals surface area contributed by atoms with Crippen molar-refractivity contribution in [2.45, 2.75) is 39.3 Å². The molecule has 0 aliphatic carbocycles. The molecule has 0 fully saturated rings. The number of carbonyl (C=O) groups is 1. The smallest absolute Gasteiger partial charge is 0.412 e. The Kier molecular flexibility index (Phi) is 9.19. The molecular weight excluding hydrogens is 511 g/mol. The summed E-state index contributed by atoms with van der Waals surface area (Å²) in [4.78, 5) is 25.3. The molecule has 1 amide bonds. The molecule has 3 aromatic heterocycles. The van der Waals surface area contributed by atoms with Crippen LogP contribution in [0.3, 0.4) is 0 Å². The molecule has 0 spiro atoms. The van der Waals surface area contributed by atoms with Crippen molar-refractivity contribution in [2.75, 3.05) is 22.7 Å². The van der Waals surface area contributed by atoms with Gasteiger partial charge in [0.15, 0.2) is 23.1 Å². The summed E-state index contributed by atoms with van der Waals surface area (Å²) in [7, 11) is 0. The first kappa shape index (κ1) is 28.3. The van der Waals surface area contributed by atoms with Gasteiger partial charge in [0, 0.05) is 24.1 Å². The van der Waals surface area contributed by atoms with Crippen LogP contribution in [0.1, 0.15) is 32.8 Å². The van der Waals surface area contributed by atoms with Gasteiger partial charge in [-0.05, 0) is 39.0 Å². The number of aromatic nitrogens is 5. The number of hydrogen-bond donors (Lipinski definition) is 3. The Balaban J connectivity index is 0.00000127. The predicted octanol–water partition coefficient (Wildman–Crippen LogP) is 5.39. The van der Waals surface area contributed by atoms with Crippen LogP contribution in [0, 0.1) is 5.82 Å². The van der Waals surface area contributed by atoms with E-state index in [2.05, 4.69) is 31.9 Å². The average molecular weight is 541 g/mol. The number of amides is 1. The molecule has 4 aromatic rings. The van der Waals surface area contributed by atoms with E-state index in [-0.39, 0.29) is 35.5 Å². The van der Waals surface area contributed by atoms with Gasteiger partial charge in [0.2, 0.25) is 0 Å². The normalized spacial score (nSPS) is 11.0. The van der Waals surface area contributed by atoms with Crippen LogP contribution in [0.2, 0.25) is 0 Å². The molecule has 0 aliphatic heterocycles. The van der Waals surface area contributed by atoms with Crippen molar-refractivity contribution in [1.29, 1.82) is 0 Å². The van der Waals surface area contributed by atoms with Crippen LogP contribution >= 0.6 is 11.6 Å². The number of benzene rings is 1. The van der Waals surface area contributed by atoms with Crippen molar-refractivity contribution >= 4 is 46.1 Å². The summed E-state index contributed by atoms with van der Waals surface area (Å²) >= 11 is 5.75. The number of hydrogen-bond acceptors (Lipinski definition) is 8. The van der Waals surface area contributed by atoms with Crippen LogP contribution in [0.4, 0.5) is 26.5 Å². The molecular formula is C26H30ClFN8O2. The number of carbonyl (C=O) groups excluding carboxylic acids is 1. The fraction of sp³-hybridized carbons (Fsp3) is 0.269. The molecule has 0 unspecified atom stereocenters. The Bertz CT molecular complexity index is 1420. The molecule has 0 aliphatic rings. The van der Waals surface area contributed by atoms with Crippen LogP contribution in [0.25, 0.3) is 22.6 Å². The highest BCUT2D eigenvalue weighted by Gasteiger charge is 2.25. The molecule has 0 saturated carbocycles. The zero-order valence-corrected chi connectivity index (χ0v) is 22.2. The maximum absolute atomic E-state index is 14.2. The lowest BCUT2D eigenvalue weighted by atomic mass is 10.1. The van der Waals surface area contributed by atoms with E-state index >= 15 is 0 Å². The van der Waals surface area contributed by atoms with Crippen molar-refractivity contribution < 1.29 is 13.9 Å². The molecule has 200 valence electrons. The molecule has 0 bridgehead atoms. The maximum Gasteiger partial charge on any atom is 0.412 e. The number of nitrogens with two attached hydrogens (primary N) is 2. The number of ether oxygens (including phenoxy) is 1. The molecule has 38 heavy (non-hydrogen) atoms. The standard InChI is InChI=1S/C23H24ClFN8O2.C3H6/c1-23(2,9-10-24)35-22(34)29-17-18(26)30-20(31-19(17)27)16-14-7-5-11-28-21(14)33(32-16)12-13-6-3-4-8-15(13)25;1-3-2/h3-8,11H,9-10,12H2,1-2H3,(H,29,34)(H4,26,27,30,31);3H,1H2,2H3. The summed E-state index contributed by atoms with van der Waals surface area (Å²) in [5, 5.41) is 7.69. The molecule has 10 nitrogen and oxygen atoms in total. The number of allylic oxidation sites excluding steroid dienone is 1. The van der Waals surface area contributed by atoms with Crippen molar-refractivity contribution in [2.24, 2.45) is 0 Å². The molecule has 3 heterocycles. The van der Waals surface area contributed by atoms with Crippen molar-refractivity contribution in [3.8, 4) is 11.5 Å². The van der Waals surface area contributed by atoms with Gasteiger partial charge in [-0.15, -0.1) is 18.2 Å². The second kappa shape index (κ2) is 12.3. The number of rotatable bonds is 7. The fourth-order valence-corrected chi connectivity index (χ4v) is 3.92. The van der Waals surface area contributed by atoms with Crippen LogP contribution in [0.15, 0.2) is 55.3 Å². The van der Waals surface area contributed by atoms with Gasteiger partial charge >= 0.3 is 6.09 Å². The first-order valence-corrected chi connectivity index (χ1v) is 12.2. The Morgan fingerprint density at radius 3 is 2.50 bits per heavy atom. The summed E-state index contributed by atoms with van der Waals surface area (Å²) in [5.74, 6) is -0.0310. The third-order valence-corrected chi connectivity index (χ3v) is 5.44. The van der Waals surface area contributed by atoms with E-state index in [4.69, 9.17) is 27.8 Å². The number of fused-ring (bicyclic) bond motifs is 1. The Hall–Kier alpha value is -4.25. The molecule has 12 heteroatoms. The lowest BCUT2D eigenvalue weighted by Gasteiger charge is -2.24. The summed E-state index contributed by atoms with van der Waals surface area (Å²) in [6.07, 6.45) is 3.05. The van der Waals surface area contributed by atoms with E-state index in [0.717, 1.165) is 0 Å². The SMILES string of the molecule is C=CC.CC(C)(CCCl)OC(=O)Nc1c(N)nc(-c2nn(Cc3ccccc3F)c3ncccc23)nc1N. The summed E-state index contributed by atoms with van der Waals surface area (Å²) in [6.45, 7) is 8.87. The van der Waals surface area contributed by atoms with E-state index in [1.807, 2.05) is 6.92 Å². The first-order valence-electron chi connectivity index (χ1n) is 11.7. The highest BCUT2D eigenvalue weighted by Crippen LogP contribution is 2.30. The van der Waals surface area contributed by atoms with Gasteiger partial charge in [0.05, 0.1) is 11.9 Å². The topological polar surface area (TPSA) is 147 Å². The zero-order valence-electron chi connectivity index (χ0n) is 21.4. The molecule has 1 aromatic carbocycles. The van der Waals surface area contributed by atoms with Gasteiger partial charge in [-0.2, -0.15) is 5.10 Å². The lowest BCUT2D eigenvalue weighted by molar-refractivity contribution is 0.0469. The molecule has 0 saturated heterocycles. The van der Waals surface area contributed by atoms with E-state index in [1.165, 1.54) is 6.07 Å². The zero-order chi connectivity index (χ0) is 27.9. The number of nitrogens with zero attached hydrogens (tertiary/aromatic N) is 5.